The van der Waals surface area contributed by atoms with E-state index >= 15 is 0 Å². The minimum atomic E-state index is -0.463. The first kappa shape index (κ1) is 14.0. The molecule has 1 aromatic rings. The van der Waals surface area contributed by atoms with Gasteiger partial charge in [-0.2, -0.15) is 0 Å². The van der Waals surface area contributed by atoms with Crippen molar-refractivity contribution in [1.82, 2.24) is 0 Å². The zero-order chi connectivity index (χ0) is 13.8. The number of Topliss-reactive ketones (excluding diaryl/α,β-unsaturated/α-hetero) is 1. The van der Waals surface area contributed by atoms with E-state index in [1.807, 2.05) is 0 Å². The molecule has 19 heavy (non-hydrogen) atoms. The first-order valence-corrected chi connectivity index (χ1v) is 6.51. The summed E-state index contributed by atoms with van der Waals surface area (Å²) in [4.78, 5) is 21.6. The standard InChI is InChI=1S/C13H14ClNO4/c14-12-2-1-3-13(15(17)18)11(12)8-19-10-6-4-9(16)5-7-10/h1-3,10H,4-8H2. The molecule has 0 aromatic heterocycles. The molecule has 0 radical (unpaired) electrons. The predicted octanol–water partition coefficient (Wildman–Crippen LogP) is 3.28. The third-order valence-corrected chi connectivity index (χ3v) is 3.60. The maximum absolute atomic E-state index is 11.1. The number of carbonyl (C=O) groups is 1. The molecular formula is C13H14ClNO4. The Morgan fingerprint density at radius 3 is 2.68 bits per heavy atom. The minimum absolute atomic E-state index is 0.0198. The van der Waals surface area contributed by atoms with E-state index in [-0.39, 0.29) is 24.2 Å². The van der Waals surface area contributed by atoms with Crippen LogP contribution in [0.2, 0.25) is 5.02 Å². The molecular weight excluding hydrogens is 270 g/mol. The molecule has 0 spiro atoms. The first-order chi connectivity index (χ1) is 9.08. The summed E-state index contributed by atoms with van der Waals surface area (Å²) in [5.74, 6) is 0.253. The summed E-state index contributed by atoms with van der Waals surface area (Å²) in [6.45, 7) is 0.106. The molecule has 102 valence electrons. The van der Waals surface area contributed by atoms with Crippen LogP contribution in [-0.2, 0) is 16.1 Å². The van der Waals surface area contributed by atoms with Gasteiger partial charge in [0.2, 0.25) is 0 Å². The number of carbonyl (C=O) groups excluding carboxylic acids is 1. The maximum atomic E-state index is 11.1. The summed E-state index contributed by atoms with van der Waals surface area (Å²) in [5.41, 5.74) is 0.366. The number of hydrogen-bond acceptors (Lipinski definition) is 4. The van der Waals surface area contributed by atoms with Crippen LogP contribution >= 0.6 is 11.6 Å². The molecule has 0 atom stereocenters. The van der Waals surface area contributed by atoms with Gasteiger partial charge in [-0.05, 0) is 18.9 Å². The molecule has 5 nitrogen and oxygen atoms in total. The molecule has 1 aromatic carbocycles. The fourth-order valence-electron chi connectivity index (χ4n) is 2.14. The highest BCUT2D eigenvalue weighted by atomic mass is 35.5. The summed E-state index contributed by atoms with van der Waals surface area (Å²) in [6, 6.07) is 4.57. The Balaban J connectivity index is 2.03. The van der Waals surface area contributed by atoms with E-state index < -0.39 is 4.92 Å². The van der Waals surface area contributed by atoms with Gasteiger partial charge in [0.25, 0.3) is 5.69 Å². The van der Waals surface area contributed by atoms with E-state index in [0.717, 1.165) is 0 Å². The van der Waals surface area contributed by atoms with Crippen molar-refractivity contribution in [1.29, 1.82) is 0 Å². The quantitative estimate of drug-likeness (QED) is 0.628. The second-order valence-electron chi connectivity index (χ2n) is 4.54. The van der Waals surface area contributed by atoms with Crippen molar-refractivity contribution in [2.45, 2.75) is 38.4 Å². The molecule has 2 rings (SSSR count). The Hall–Kier alpha value is -1.46. The van der Waals surface area contributed by atoms with E-state index in [4.69, 9.17) is 16.3 Å². The van der Waals surface area contributed by atoms with Gasteiger partial charge in [0.1, 0.15) is 5.78 Å². The number of nitro groups is 1. The Morgan fingerprint density at radius 1 is 1.37 bits per heavy atom. The number of halogens is 1. The van der Waals surface area contributed by atoms with Crippen LogP contribution in [0.15, 0.2) is 18.2 Å². The summed E-state index contributed by atoms with van der Waals surface area (Å²) in [7, 11) is 0. The van der Waals surface area contributed by atoms with Gasteiger partial charge in [0.05, 0.1) is 28.2 Å². The van der Waals surface area contributed by atoms with Gasteiger partial charge in [-0.3, -0.25) is 14.9 Å². The third kappa shape index (κ3) is 3.52. The Morgan fingerprint density at radius 2 is 2.05 bits per heavy atom. The topological polar surface area (TPSA) is 69.4 Å². The average molecular weight is 284 g/mol. The number of ether oxygens (including phenoxy) is 1. The van der Waals surface area contributed by atoms with Crippen molar-refractivity contribution in [3.63, 3.8) is 0 Å². The van der Waals surface area contributed by atoms with Crippen LogP contribution in [0.25, 0.3) is 0 Å². The molecule has 1 aliphatic carbocycles. The second-order valence-corrected chi connectivity index (χ2v) is 4.95. The molecule has 1 fully saturated rings. The fraction of sp³-hybridized carbons (Fsp3) is 0.462. The van der Waals surface area contributed by atoms with Crippen LogP contribution in [0.4, 0.5) is 5.69 Å². The van der Waals surface area contributed by atoms with Gasteiger partial charge in [-0.25, -0.2) is 0 Å². The van der Waals surface area contributed by atoms with Crippen molar-refractivity contribution in [2.75, 3.05) is 0 Å². The van der Waals surface area contributed by atoms with E-state index in [1.54, 1.807) is 12.1 Å². The molecule has 0 aliphatic heterocycles. The molecule has 0 bridgehead atoms. The van der Waals surface area contributed by atoms with Crippen molar-refractivity contribution < 1.29 is 14.5 Å². The number of rotatable bonds is 4. The molecule has 0 heterocycles. The number of ketones is 1. The highest BCUT2D eigenvalue weighted by molar-refractivity contribution is 6.31. The normalized spacial score (nSPS) is 16.6. The second kappa shape index (κ2) is 6.12. The lowest BCUT2D eigenvalue weighted by molar-refractivity contribution is -0.386. The van der Waals surface area contributed by atoms with Crippen LogP contribution in [0.5, 0.6) is 0 Å². The van der Waals surface area contributed by atoms with Crippen LogP contribution < -0.4 is 0 Å². The smallest absolute Gasteiger partial charge is 0.276 e. The van der Waals surface area contributed by atoms with Crippen LogP contribution in [-0.4, -0.2) is 16.8 Å². The lowest BCUT2D eigenvalue weighted by Crippen LogP contribution is -2.21. The Kier molecular flexibility index (Phi) is 4.50. The number of benzene rings is 1. The summed E-state index contributed by atoms with van der Waals surface area (Å²) in [5, 5.41) is 11.2. The zero-order valence-electron chi connectivity index (χ0n) is 10.3. The van der Waals surface area contributed by atoms with Gasteiger partial charge < -0.3 is 4.74 Å². The van der Waals surface area contributed by atoms with Gasteiger partial charge in [0, 0.05) is 18.9 Å². The number of nitro benzene ring substituents is 1. The van der Waals surface area contributed by atoms with Gasteiger partial charge in [-0.15, -0.1) is 0 Å². The SMILES string of the molecule is O=C1CCC(OCc2c(Cl)cccc2[N+](=O)[O-])CC1. The Bertz CT molecular complexity index is 493. The molecule has 6 heteroatoms. The molecule has 1 aliphatic rings. The van der Waals surface area contributed by atoms with Crippen LogP contribution in [0.3, 0.4) is 0 Å². The van der Waals surface area contributed by atoms with E-state index in [9.17, 15) is 14.9 Å². The molecule has 0 amide bonds. The molecule has 0 saturated heterocycles. The molecule has 1 saturated carbocycles. The number of nitrogens with zero attached hydrogens (tertiary/aromatic N) is 1. The lowest BCUT2D eigenvalue weighted by Gasteiger charge is -2.21. The Labute approximate surface area is 115 Å². The monoisotopic (exact) mass is 283 g/mol. The van der Waals surface area contributed by atoms with Crippen LogP contribution in [0.1, 0.15) is 31.2 Å². The van der Waals surface area contributed by atoms with Gasteiger partial charge in [0.15, 0.2) is 0 Å². The van der Waals surface area contributed by atoms with E-state index in [2.05, 4.69) is 0 Å². The zero-order valence-corrected chi connectivity index (χ0v) is 11.1. The predicted molar refractivity (Wildman–Crippen MR) is 70.2 cm³/mol. The van der Waals surface area contributed by atoms with E-state index in [1.165, 1.54) is 6.07 Å². The average Bonchev–Trinajstić information content (AvgIpc) is 2.39. The lowest BCUT2D eigenvalue weighted by atomic mass is 9.96. The summed E-state index contributed by atoms with van der Waals surface area (Å²) in [6.07, 6.45) is 2.38. The fourth-order valence-corrected chi connectivity index (χ4v) is 2.37. The minimum Gasteiger partial charge on any atom is -0.373 e. The maximum Gasteiger partial charge on any atom is 0.276 e. The summed E-state index contributed by atoms with van der Waals surface area (Å²) < 4.78 is 5.65. The highest BCUT2D eigenvalue weighted by Crippen LogP contribution is 2.28. The molecule has 0 unspecified atom stereocenters. The van der Waals surface area contributed by atoms with Crippen LogP contribution in [0, 0.1) is 10.1 Å². The van der Waals surface area contributed by atoms with Crippen molar-refractivity contribution in [3.8, 4) is 0 Å². The van der Waals surface area contributed by atoms with Crippen molar-refractivity contribution in [3.05, 3.63) is 38.9 Å². The van der Waals surface area contributed by atoms with Crippen molar-refractivity contribution >= 4 is 23.1 Å². The molecule has 0 N–H and O–H groups in total. The van der Waals surface area contributed by atoms with Crippen molar-refractivity contribution in [2.24, 2.45) is 0 Å². The third-order valence-electron chi connectivity index (χ3n) is 3.24. The van der Waals surface area contributed by atoms with E-state index in [0.29, 0.717) is 36.3 Å². The first-order valence-electron chi connectivity index (χ1n) is 6.13. The largest absolute Gasteiger partial charge is 0.373 e. The number of hydrogen-bond donors (Lipinski definition) is 0. The van der Waals surface area contributed by atoms with Gasteiger partial charge in [-0.1, -0.05) is 17.7 Å². The van der Waals surface area contributed by atoms with Gasteiger partial charge >= 0.3 is 0 Å². The highest BCUT2D eigenvalue weighted by Gasteiger charge is 2.22. The summed E-state index contributed by atoms with van der Waals surface area (Å²) >= 11 is 5.98.